The van der Waals surface area contributed by atoms with Gasteiger partial charge in [-0.15, -0.1) is 20.5 Å². The van der Waals surface area contributed by atoms with Crippen molar-refractivity contribution in [2.45, 2.75) is 13.1 Å². The van der Waals surface area contributed by atoms with Gasteiger partial charge in [-0.1, -0.05) is 12.1 Å². The molecule has 0 atom stereocenters. The second kappa shape index (κ2) is 20.8. The van der Waals surface area contributed by atoms with E-state index in [4.69, 9.17) is 48.7 Å². The molecule has 2 aromatic heterocycles. The van der Waals surface area contributed by atoms with Crippen LogP contribution in [0.2, 0.25) is 0 Å². The van der Waals surface area contributed by atoms with Gasteiger partial charge in [-0.25, -0.2) is 37.3 Å². The van der Waals surface area contributed by atoms with Crippen molar-refractivity contribution in [2.24, 2.45) is 11.5 Å². The number of carbonyl (C=O) groups is 2. The first-order valence-electron chi connectivity index (χ1n) is 9.57. The smallest absolute Gasteiger partial charge is 0.412 e. The molecule has 0 aliphatic carbocycles. The summed E-state index contributed by atoms with van der Waals surface area (Å²) in [5.74, 6) is -0.820. The van der Waals surface area contributed by atoms with E-state index in [9.17, 15) is 9.59 Å². The van der Waals surface area contributed by atoms with Crippen LogP contribution in [0.3, 0.4) is 0 Å². The Morgan fingerprint density at radius 3 is 1.18 bits per heavy atom. The number of primary amides is 2. The van der Waals surface area contributed by atoms with E-state index in [0.29, 0.717) is 26.2 Å². The Kier molecular flexibility index (Phi) is 22.1. The number of halogens is 2. The van der Waals surface area contributed by atoms with Gasteiger partial charge < -0.3 is 16.9 Å². The topological polar surface area (TPSA) is 334 Å². The zero-order valence-electron chi connectivity index (χ0n) is 19.4. The summed E-state index contributed by atoms with van der Waals surface area (Å²) in [4.78, 5) is 35.1. The Hall–Kier alpha value is -2.10. The number of amides is 2. The van der Waals surface area contributed by atoms with Gasteiger partial charge in [0.2, 0.25) is 11.8 Å². The van der Waals surface area contributed by atoms with E-state index in [2.05, 4.69) is 9.97 Å². The van der Waals surface area contributed by atoms with E-state index >= 15 is 0 Å². The van der Waals surface area contributed by atoms with Gasteiger partial charge in [-0.05, 0) is 24.3 Å². The molecule has 17 nitrogen and oxygen atoms in total. The molecule has 1 radical (unpaired) electrons. The van der Waals surface area contributed by atoms with Gasteiger partial charge in [-0.3, -0.25) is 29.4 Å². The van der Waals surface area contributed by atoms with Crippen molar-refractivity contribution in [3.63, 3.8) is 0 Å². The van der Waals surface area contributed by atoms with Crippen LogP contribution in [0, 0.1) is 20.5 Å². The van der Waals surface area contributed by atoms with Crippen molar-refractivity contribution in [2.75, 3.05) is 26.2 Å². The van der Waals surface area contributed by atoms with Crippen LogP contribution in [0.15, 0.2) is 48.8 Å². The predicted octanol–water partition coefficient (Wildman–Crippen LogP) is -10.6. The summed E-state index contributed by atoms with van der Waals surface area (Å²) >= 11 is 0. The fourth-order valence-corrected chi connectivity index (χ4v) is 2.59. The number of nitrogens with two attached hydrogens (primary N) is 2. The second-order valence-electron chi connectivity index (χ2n) is 6.75. The average Bonchev–Trinajstić information content (AvgIpc) is 2.70. The molecule has 0 saturated carbocycles. The monoisotopic (exact) mass is 635 g/mol. The summed E-state index contributed by atoms with van der Waals surface area (Å²) in [6.07, 6.45) is 3.41. The second-order valence-corrected chi connectivity index (χ2v) is 8.26. The van der Waals surface area contributed by atoms with Crippen molar-refractivity contribution in [3.8, 4) is 0 Å². The first kappa shape index (κ1) is 40.4. The summed E-state index contributed by atoms with van der Waals surface area (Å²) in [5, 5.41) is 0. The van der Waals surface area contributed by atoms with Crippen LogP contribution in [0.4, 0.5) is 0 Å². The fraction of sp³-hybridized carbons (Fsp3) is 0.333. The van der Waals surface area contributed by atoms with Crippen LogP contribution in [-0.4, -0.2) is 63.2 Å². The number of rotatable bonds is 11. The number of aromatic nitrogens is 2. The molecule has 2 aromatic rings. The minimum atomic E-state index is -4.94. The summed E-state index contributed by atoms with van der Waals surface area (Å²) in [6, 6.07) is 11.2. The molecule has 2 rings (SSSR count). The molecule has 0 spiro atoms. The summed E-state index contributed by atoms with van der Waals surface area (Å²) < 4.78 is 67.9. The van der Waals surface area contributed by atoms with Gasteiger partial charge in [0, 0.05) is 38.6 Å². The normalized spacial score (nSPS) is 10.7. The van der Waals surface area contributed by atoms with Crippen LogP contribution in [0.1, 0.15) is 11.4 Å². The van der Waals surface area contributed by atoms with Crippen molar-refractivity contribution in [1.82, 2.24) is 19.8 Å². The van der Waals surface area contributed by atoms with Crippen LogP contribution in [-0.2, 0) is 39.7 Å². The third-order valence-corrected chi connectivity index (χ3v) is 3.71. The maximum absolute atomic E-state index is 11.4. The molecule has 0 aromatic carbocycles. The van der Waals surface area contributed by atoms with Gasteiger partial charge >= 0.3 is 17.1 Å². The Labute approximate surface area is 232 Å². The molecule has 2 amide bonds. The molecule has 6 N–H and O–H groups in total. The molecule has 0 saturated heterocycles. The minimum Gasteiger partial charge on any atom is -0.412 e. The first-order chi connectivity index (χ1) is 16.5. The SMILES string of the molecule is NC(=O)CN(CCN(CC(N)=O)Cc1ccccn1)Cc1ccccn1.O.[Cu+2].[O-][Cl+3]([O-])([O-])[O-].[O-][Cl+3]([O-])([O-])[O-]. The number of hydrogen-bond donors (Lipinski definition) is 2. The van der Waals surface area contributed by atoms with E-state index in [1.54, 1.807) is 12.4 Å². The Bertz CT molecular complexity index is 810. The Morgan fingerprint density at radius 1 is 0.684 bits per heavy atom. The van der Waals surface area contributed by atoms with Gasteiger partial charge in [0.25, 0.3) is 0 Å². The summed E-state index contributed by atoms with van der Waals surface area (Å²) in [5.41, 5.74) is 12.4. The molecular weight excluding hydrogens is 611 g/mol. The number of carbonyl (C=O) groups excluding carboxylic acids is 2. The quantitative estimate of drug-likeness (QED) is 0.216. The van der Waals surface area contributed by atoms with Crippen molar-refractivity contribution < 1.29 is 89.9 Å². The van der Waals surface area contributed by atoms with E-state index < -0.39 is 32.3 Å². The minimum absolute atomic E-state index is 0. The Morgan fingerprint density at radius 2 is 0.974 bits per heavy atom. The van der Waals surface area contributed by atoms with Crippen LogP contribution >= 0.6 is 0 Å². The van der Waals surface area contributed by atoms with Crippen molar-refractivity contribution in [1.29, 1.82) is 0 Å². The molecule has 0 fully saturated rings. The van der Waals surface area contributed by atoms with E-state index in [0.717, 1.165) is 11.4 Å². The number of nitrogens with zero attached hydrogens (tertiary/aromatic N) is 4. The average molecular weight is 637 g/mol. The molecule has 20 heteroatoms. The predicted molar refractivity (Wildman–Crippen MR) is 101 cm³/mol. The van der Waals surface area contributed by atoms with E-state index in [-0.39, 0.29) is 35.6 Å². The Balaban J connectivity index is -0.000000872. The zero-order chi connectivity index (χ0) is 27.8. The van der Waals surface area contributed by atoms with Gasteiger partial charge in [0.15, 0.2) is 0 Å². The number of hydrogen-bond acceptors (Lipinski definition) is 14. The number of pyridine rings is 2. The van der Waals surface area contributed by atoms with Gasteiger partial charge in [0.05, 0.1) is 24.5 Å². The molecule has 0 bridgehead atoms. The van der Waals surface area contributed by atoms with Crippen LogP contribution in [0.5, 0.6) is 0 Å². The molecule has 0 aliphatic heterocycles. The van der Waals surface area contributed by atoms with E-state index in [1.807, 2.05) is 46.2 Å². The largest absolute Gasteiger partial charge is 2.00 e. The molecule has 0 aliphatic rings. The van der Waals surface area contributed by atoms with Crippen LogP contribution in [0.25, 0.3) is 0 Å². The van der Waals surface area contributed by atoms with Crippen molar-refractivity contribution >= 4 is 11.8 Å². The molecular formula is C18H26Cl2CuN6O11. The third-order valence-electron chi connectivity index (χ3n) is 3.71. The third kappa shape index (κ3) is 30.1. The fourth-order valence-electron chi connectivity index (χ4n) is 2.59. The summed E-state index contributed by atoms with van der Waals surface area (Å²) in [7, 11) is -9.89. The van der Waals surface area contributed by atoms with Crippen LogP contribution < -0.4 is 48.7 Å². The van der Waals surface area contributed by atoms with Gasteiger partial charge in [-0.2, -0.15) is 0 Å². The maximum atomic E-state index is 11.4. The molecule has 2 heterocycles. The van der Waals surface area contributed by atoms with E-state index in [1.165, 1.54) is 0 Å². The molecule has 219 valence electrons. The summed E-state index contributed by atoms with van der Waals surface area (Å²) in [6.45, 7) is 2.31. The standard InChI is InChI=1S/C18H24N6O2.2ClHO4.Cu.H2O/c19-17(25)13-23(11-15-5-1-3-7-21-15)9-10-24(14-18(20)26)12-16-6-2-4-8-22-16;2*2-1(3,4)5;;/h1-8H,9-14H2,(H2,19,25)(H2,20,26);2*(H,2,3,4,5);;1H2/q;;;+2;/p-2. The van der Waals surface area contributed by atoms with Crippen molar-refractivity contribution in [3.05, 3.63) is 60.2 Å². The first-order valence-corrected chi connectivity index (χ1v) is 12.0. The van der Waals surface area contributed by atoms with Gasteiger partial charge in [0.1, 0.15) is 0 Å². The maximum Gasteiger partial charge on any atom is 2.00 e. The molecule has 0 unspecified atom stereocenters. The zero-order valence-corrected chi connectivity index (χ0v) is 21.9. The molecule has 38 heavy (non-hydrogen) atoms.